The fourth-order valence-electron chi connectivity index (χ4n) is 0.202. The summed E-state index contributed by atoms with van der Waals surface area (Å²) < 4.78 is 3.97. The second-order valence-electron chi connectivity index (χ2n) is 1.09. The van der Waals surface area contributed by atoms with Gasteiger partial charge in [0, 0.05) is 13.8 Å². The monoisotopic (exact) mass is 338 g/mol. The SMILES string of the molecule is CC(=O)OC(C)=O.[MgH2].[PbH2]. The Labute approximate surface area is 89.8 Å². The number of carbonyl (C=O) groups is 2. The fraction of sp³-hybridized carbons (Fsp3) is 0.500. The summed E-state index contributed by atoms with van der Waals surface area (Å²) in [5, 5.41) is 0. The van der Waals surface area contributed by atoms with Crippen LogP contribution in [0.2, 0.25) is 0 Å². The third-order valence-electron chi connectivity index (χ3n) is 0.287. The summed E-state index contributed by atoms with van der Waals surface area (Å²) in [5.74, 6) is -1.12. The molecule has 9 heavy (non-hydrogen) atoms. The van der Waals surface area contributed by atoms with E-state index in [1.54, 1.807) is 0 Å². The Morgan fingerprint density at radius 2 is 1.33 bits per heavy atom. The van der Waals surface area contributed by atoms with E-state index in [-0.39, 0.29) is 50.4 Å². The zero-order chi connectivity index (χ0) is 5.86. The average Bonchev–Trinajstić information content (AvgIpc) is 1.27. The van der Waals surface area contributed by atoms with Crippen molar-refractivity contribution in [1.29, 1.82) is 0 Å². The van der Waals surface area contributed by atoms with Gasteiger partial charge in [-0.25, -0.2) is 0 Å². The van der Waals surface area contributed by atoms with Crippen LogP contribution in [-0.4, -0.2) is 62.3 Å². The Balaban J connectivity index is -0.000000180. The van der Waals surface area contributed by atoms with E-state index in [1.165, 1.54) is 13.8 Å². The molecule has 0 unspecified atom stereocenters. The number of ether oxygens (including phenoxy) is 1. The summed E-state index contributed by atoms with van der Waals surface area (Å²) in [4.78, 5) is 19.6. The molecule has 0 aromatic heterocycles. The zero-order valence-electron chi connectivity index (χ0n) is 4.93. The quantitative estimate of drug-likeness (QED) is 0.300. The first-order valence-corrected chi connectivity index (χ1v) is 1.82. The van der Waals surface area contributed by atoms with Gasteiger partial charge in [0.2, 0.25) is 0 Å². The molecule has 0 atom stereocenters. The molecule has 3 nitrogen and oxygen atoms in total. The van der Waals surface area contributed by atoms with Crippen LogP contribution < -0.4 is 0 Å². The average molecular weight is 338 g/mol. The van der Waals surface area contributed by atoms with E-state index in [0.717, 1.165) is 0 Å². The van der Waals surface area contributed by atoms with Gasteiger partial charge in [0.25, 0.3) is 0 Å². The molecule has 0 fully saturated rings. The summed E-state index contributed by atoms with van der Waals surface area (Å²) in [6.45, 7) is 2.36. The van der Waals surface area contributed by atoms with Crippen molar-refractivity contribution in [2.45, 2.75) is 13.8 Å². The number of hydrogen-bond acceptors (Lipinski definition) is 3. The standard InChI is InChI=1S/C4H6O3.Mg.Pb.4H/c1-3(5)7-4(2)6;;;;;;/h1-2H3;;;;;;. The predicted octanol–water partition coefficient (Wildman–Crippen LogP) is -1.74. The molecule has 0 saturated heterocycles. The van der Waals surface area contributed by atoms with E-state index in [1.807, 2.05) is 0 Å². The van der Waals surface area contributed by atoms with Crippen molar-refractivity contribution < 1.29 is 14.3 Å². The van der Waals surface area contributed by atoms with Crippen LogP contribution in [-0.2, 0) is 14.3 Å². The Morgan fingerprint density at radius 3 is 1.33 bits per heavy atom. The van der Waals surface area contributed by atoms with E-state index in [9.17, 15) is 9.59 Å². The van der Waals surface area contributed by atoms with Crippen LogP contribution in [0, 0.1) is 0 Å². The first-order valence-electron chi connectivity index (χ1n) is 1.82. The molecule has 0 aromatic rings. The third kappa shape index (κ3) is 17.7. The van der Waals surface area contributed by atoms with E-state index >= 15 is 0 Å². The van der Waals surface area contributed by atoms with Gasteiger partial charge in [0.15, 0.2) is 0 Å². The van der Waals surface area contributed by atoms with E-state index in [2.05, 4.69) is 4.74 Å². The maximum atomic E-state index is 9.81. The second kappa shape index (κ2) is 8.83. The summed E-state index contributed by atoms with van der Waals surface area (Å²) in [6, 6.07) is 0. The molecule has 0 N–H and O–H groups in total. The van der Waals surface area contributed by atoms with Gasteiger partial charge >= 0.3 is 62.3 Å². The number of rotatable bonds is 0. The van der Waals surface area contributed by atoms with Crippen LogP contribution in [0.3, 0.4) is 0 Å². The molecule has 0 aromatic carbocycles. The van der Waals surface area contributed by atoms with E-state index < -0.39 is 11.9 Å². The summed E-state index contributed by atoms with van der Waals surface area (Å²) in [6.07, 6.45) is 0. The van der Waals surface area contributed by atoms with Gasteiger partial charge in [-0.15, -0.1) is 0 Å². The molecule has 0 spiro atoms. The van der Waals surface area contributed by atoms with Gasteiger partial charge < -0.3 is 4.74 Å². The van der Waals surface area contributed by atoms with Crippen molar-refractivity contribution in [1.82, 2.24) is 0 Å². The van der Waals surface area contributed by atoms with Crippen molar-refractivity contribution in [2.75, 3.05) is 0 Å². The number of carbonyl (C=O) groups excluding carboxylic acids is 2. The normalized spacial score (nSPS) is 6.00. The van der Waals surface area contributed by atoms with Crippen LogP contribution in [0.25, 0.3) is 0 Å². The molecular formula is C4H10MgO3Pb. The van der Waals surface area contributed by atoms with Crippen LogP contribution in [0.4, 0.5) is 0 Å². The van der Waals surface area contributed by atoms with Gasteiger partial charge in [0.1, 0.15) is 0 Å². The first-order chi connectivity index (χ1) is 3.13. The zero-order valence-corrected chi connectivity index (χ0v) is 10.4. The molecule has 0 bridgehead atoms. The summed E-state index contributed by atoms with van der Waals surface area (Å²) >= 11 is 0. The Hall–Kier alpha value is 0.828. The molecule has 0 aliphatic carbocycles. The van der Waals surface area contributed by atoms with Crippen LogP contribution in [0.5, 0.6) is 0 Å². The molecule has 5 heteroatoms. The van der Waals surface area contributed by atoms with Crippen molar-refractivity contribution in [3.63, 3.8) is 0 Å². The fourth-order valence-corrected chi connectivity index (χ4v) is 0.202. The minimum atomic E-state index is -0.562. The molecule has 0 aliphatic rings. The Kier molecular flexibility index (Phi) is 16.1. The second-order valence-corrected chi connectivity index (χ2v) is 1.09. The van der Waals surface area contributed by atoms with Crippen LogP contribution in [0.15, 0.2) is 0 Å². The van der Waals surface area contributed by atoms with Crippen LogP contribution in [0.1, 0.15) is 13.8 Å². The minimum absolute atomic E-state index is 0. The van der Waals surface area contributed by atoms with Crippen molar-refractivity contribution in [3.05, 3.63) is 0 Å². The predicted molar refractivity (Wildman–Crippen MR) is 39.5 cm³/mol. The van der Waals surface area contributed by atoms with Gasteiger partial charge in [-0.05, 0) is 0 Å². The topological polar surface area (TPSA) is 43.4 Å². The van der Waals surface area contributed by atoms with Crippen LogP contribution >= 0.6 is 0 Å². The van der Waals surface area contributed by atoms with Crippen molar-refractivity contribution in [2.24, 2.45) is 0 Å². The Morgan fingerprint density at radius 1 is 1.11 bits per heavy atom. The molecule has 0 rings (SSSR count). The Bertz CT molecular complexity index is 92.0. The maximum absolute atomic E-state index is 9.81. The summed E-state index contributed by atoms with van der Waals surface area (Å²) in [5.41, 5.74) is 0. The molecule has 0 aliphatic heterocycles. The number of esters is 2. The van der Waals surface area contributed by atoms with Crippen molar-refractivity contribution in [3.8, 4) is 0 Å². The molecule has 0 saturated carbocycles. The molecular weight excluding hydrogens is 328 g/mol. The van der Waals surface area contributed by atoms with Gasteiger partial charge in [-0.1, -0.05) is 0 Å². The molecule has 50 valence electrons. The third-order valence-corrected chi connectivity index (χ3v) is 0.287. The van der Waals surface area contributed by atoms with Crippen molar-refractivity contribution >= 4 is 62.3 Å². The van der Waals surface area contributed by atoms with Gasteiger partial charge in [0.05, 0.1) is 0 Å². The molecule has 0 amide bonds. The first kappa shape index (κ1) is 16.4. The van der Waals surface area contributed by atoms with Gasteiger partial charge in [-0.2, -0.15) is 0 Å². The van der Waals surface area contributed by atoms with Gasteiger partial charge in [-0.3, -0.25) is 9.59 Å². The number of hydrogen-bond donors (Lipinski definition) is 0. The molecule has 0 heterocycles. The van der Waals surface area contributed by atoms with E-state index in [4.69, 9.17) is 0 Å². The van der Waals surface area contributed by atoms with E-state index in [0.29, 0.717) is 0 Å². The summed E-state index contributed by atoms with van der Waals surface area (Å²) in [7, 11) is 0. The molecule has 2 radical (unpaired) electrons.